The zero-order valence-corrected chi connectivity index (χ0v) is 12.5. The number of carbonyl (C=O) groups is 1. The second kappa shape index (κ2) is 6.27. The van der Waals surface area contributed by atoms with E-state index in [0.29, 0.717) is 18.1 Å². The Morgan fingerprint density at radius 2 is 2.14 bits per heavy atom. The summed E-state index contributed by atoms with van der Waals surface area (Å²) < 4.78 is 0. The van der Waals surface area contributed by atoms with Gasteiger partial charge in [0.2, 0.25) is 5.91 Å². The molecule has 1 aliphatic rings. The summed E-state index contributed by atoms with van der Waals surface area (Å²) in [7, 11) is 0. The molecule has 22 heavy (non-hydrogen) atoms. The van der Waals surface area contributed by atoms with Crippen LogP contribution in [0.4, 0.5) is 0 Å². The number of aliphatic hydroxyl groups excluding tert-OH is 1. The molecule has 0 radical (unpaired) electrons. The van der Waals surface area contributed by atoms with Crippen molar-refractivity contribution in [1.29, 1.82) is 0 Å². The molecule has 1 aliphatic carbocycles. The van der Waals surface area contributed by atoms with E-state index >= 15 is 0 Å². The summed E-state index contributed by atoms with van der Waals surface area (Å²) in [6.07, 6.45) is 1.75. The molecule has 0 spiro atoms. The highest BCUT2D eigenvalue weighted by atomic mass is 16.3. The lowest BCUT2D eigenvalue weighted by Crippen LogP contribution is -2.38. The van der Waals surface area contributed by atoms with E-state index in [0.717, 1.165) is 18.4 Å². The van der Waals surface area contributed by atoms with E-state index in [9.17, 15) is 9.90 Å². The quantitative estimate of drug-likeness (QED) is 0.797. The second-order valence-corrected chi connectivity index (χ2v) is 5.74. The molecule has 6 nitrogen and oxygen atoms in total. The molecule has 3 rings (SSSR count). The largest absolute Gasteiger partial charge is 0.392 e. The number of carbonyl (C=O) groups excluding carboxylic acids is 1. The zero-order valence-electron chi connectivity index (χ0n) is 12.5. The maximum Gasteiger partial charge on any atom is 0.226 e. The van der Waals surface area contributed by atoms with Gasteiger partial charge in [-0.15, -0.1) is 0 Å². The number of H-pyrrole nitrogens is 1. The van der Waals surface area contributed by atoms with Crippen molar-refractivity contribution in [2.75, 3.05) is 0 Å². The maximum absolute atomic E-state index is 12.5. The third-order valence-electron chi connectivity index (χ3n) is 4.11. The molecule has 3 unspecified atom stereocenters. The first kappa shape index (κ1) is 14.7. The van der Waals surface area contributed by atoms with Gasteiger partial charge >= 0.3 is 0 Å². The van der Waals surface area contributed by atoms with Crippen LogP contribution >= 0.6 is 0 Å². The number of aliphatic hydroxyl groups is 1. The van der Waals surface area contributed by atoms with E-state index in [2.05, 4.69) is 20.5 Å². The van der Waals surface area contributed by atoms with Gasteiger partial charge in [-0.2, -0.15) is 5.10 Å². The number of rotatable bonds is 4. The van der Waals surface area contributed by atoms with Gasteiger partial charge in [0.15, 0.2) is 5.82 Å². The van der Waals surface area contributed by atoms with E-state index < -0.39 is 12.1 Å². The third kappa shape index (κ3) is 3.01. The molecule has 1 amide bonds. The van der Waals surface area contributed by atoms with Crippen LogP contribution in [0.2, 0.25) is 0 Å². The molecule has 0 saturated heterocycles. The molecule has 1 aromatic heterocycles. The van der Waals surface area contributed by atoms with Crippen molar-refractivity contribution in [3.8, 4) is 0 Å². The van der Waals surface area contributed by atoms with Crippen LogP contribution < -0.4 is 5.32 Å². The topological polar surface area (TPSA) is 90.9 Å². The highest BCUT2D eigenvalue weighted by molar-refractivity contribution is 5.80. The Morgan fingerprint density at radius 3 is 2.73 bits per heavy atom. The summed E-state index contributed by atoms with van der Waals surface area (Å²) in [6, 6.07) is 9.21. The minimum absolute atomic E-state index is 0.138. The normalized spacial score (nSPS) is 22.5. The highest BCUT2D eigenvalue weighted by Crippen LogP contribution is 2.27. The summed E-state index contributed by atoms with van der Waals surface area (Å²) in [6.45, 7) is 1.82. The Labute approximate surface area is 129 Å². The van der Waals surface area contributed by atoms with Gasteiger partial charge in [-0.1, -0.05) is 30.3 Å². The van der Waals surface area contributed by atoms with Gasteiger partial charge in [0, 0.05) is 0 Å². The molecule has 1 heterocycles. The number of amides is 1. The number of aromatic amines is 1. The van der Waals surface area contributed by atoms with E-state index in [-0.39, 0.29) is 11.8 Å². The number of nitrogens with zero attached hydrogens (tertiary/aromatic N) is 2. The Hall–Kier alpha value is -2.21. The van der Waals surface area contributed by atoms with Crippen LogP contribution in [0.1, 0.15) is 42.5 Å². The first-order valence-corrected chi connectivity index (χ1v) is 7.57. The Bertz CT molecular complexity index is 641. The molecule has 1 fully saturated rings. The number of hydrogen-bond donors (Lipinski definition) is 3. The van der Waals surface area contributed by atoms with Crippen molar-refractivity contribution in [3.05, 3.63) is 47.5 Å². The van der Waals surface area contributed by atoms with Gasteiger partial charge in [0.05, 0.1) is 12.0 Å². The lowest BCUT2D eigenvalue weighted by molar-refractivity contribution is -0.128. The minimum Gasteiger partial charge on any atom is -0.392 e. The predicted molar refractivity (Wildman–Crippen MR) is 80.9 cm³/mol. The van der Waals surface area contributed by atoms with Crippen LogP contribution in [-0.4, -0.2) is 32.3 Å². The molecular formula is C16H20N4O2. The number of benzene rings is 1. The second-order valence-electron chi connectivity index (χ2n) is 5.74. The average Bonchev–Trinajstić information content (AvgIpc) is 3.14. The first-order valence-electron chi connectivity index (χ1n) is 7.57. The van der Waals surface area contributed by atoms with Crippen LogP contribution in [0.5, 0.6) is 0 Å². The van der Waals surface area contributed by atoms with E-state index in [1.807, 2.05) is 37.3 Å². The van der Waals surface area contributed by atoms with Gasteiger partial charge < -0.3 is 10.4 Å². The van der Waals surface area contributed by atoms with Crippen LogP contribution in [0.3, 0.4) is 0 Å². The molecule has 1 saturated carbocycles. The number of hydrogen-bond acceptors (Lipinski definition) is 4. The monoisotopic (exact) mass is 300 g/mol. The summed E-state index contributed by atoms with van der Waals surface area (Å²) >= 11 is 0. The fourth-order valence-electron chi connectivity index (χ4n) is 2.93. The van der Waals surface area contributed by atoms with Crippen molar-refractivity contribution < 1.29 is 9.90 Å². The third-order valence-corrected chi connectivity index (χ3v) is 4.11. The highest BCUT2D eigenvalue weighted by Gasteiger charge is 2.33. The first-order chi connectivity index (χ1) is 10.6. The van der Waals surface area contributed by atoms with Crippen molar-refractivity contribution >= 4 is 5.91 Å². The molecule has 3 N–H and O–H groups in total. The number of aryl methyl sites for hydroxylation is 1. The molecule has 2 aromatic rings. The fourth-order valence-corrected chi connectivity index (χ4v) is 2.93. The summed E-state index contributed by atoms with van der Waals surface area (Å²) in [5.74, 6) is 0.753. The Balaban J connectivity index is 1.84. The average molecular weight is 300 g/mol. The van der Waals surface area contributed by atoms with Crippen LogP contribution in [-0.2, 0) is 4.79 Å². The smallest absolute Gasteiger partial charge is 0.226 e. The van der Waals surface area contributed by atoms with Crippen LogP contribution in [0.15, 0.2) is 30.3 Å². The molecule has 6 heteroatoms. The number of aromatic nitrogens is 3. The van der Waals surface area contributed by atoms with Crippen LogP contribution in [0.25, 0.3) is 0 Å². The van der Waals surface area contributed by atoms with E-state index in [4.69, 9.17) is 0 Å². The summed E-state index contributed by atoms with van der Waals surface area (Å²) in [4.78, 5) is 16.8. The summed E-state index contributed by atoms with van der Waals surface area (Å²) in [5, 5.41) is 19.9. The molecule has 1 aromatic carbocycles. The molecule has 0 aliphatic heterocycles. The zero-order chi connectivity index (χ0) is 15.5. The van der Waals surface area contributed by atoms with E-state index in [1.165, 1.54) is 0 Å². The van der Waals surface area contributed by atoms with Gasteiger partial charge in [0.1, 0.15) is 11.9 Å². The lowest BCUT2D eigenvalue weighted by atomic mass is 10.0. The minimum atomic E-state index is -0.551. The summed E-state index contributed by atoms with van der Waals surface area (Å²) in [5.41, 5.74) is 0.919. The Morgan fingerprint density at radius 1 is 1.36 bits per heavy atom. The van der Waals surface area contributed by atoms with Crippen molar-refractivity contribution in [2.24, 2.45) is 5.92 Å². The molecule has 3 atom stereocenters. The van der Waals surface area contributed by atoms with E-state index in [1.54, 1.807) is 0 Å². The SMILES string of the molecule is Cc1nc(C(NC(=O)C2CCCC2O)c2ccccc2)n[nH]1. The van der Waals surface area contributed by atoms with Gasteiger partial charge in [-0.25, -0.2) is 4.98 Å². The molecular weight excluding hydrogens is 280 g/mol. The Kier molecular flexibility index (Phi) is 4.20. The number of nitrogens with one attached hydrogen (secondary N) is 2. The molecule has 0 bridgehead atoms. The van der Waals surface area contributed by atoms with Gasteiger partial charge in [-0.3, -0.25) is 9.89 Å². The lowest BCUT2D eigenvalue weighted by Gasteiger charge is -2.20. The standard InChI is InChI=1S/C16H20N4O2/c1-10-17-15(20-19-10)14(11-6-3-2-4-7-11)18-16(22)12-8-5-9-13(12)21/h2-4,6-7,12-14,21H,5,8-9H2,1H3,(H,18,22)(H,17,19,20). The van der Waals surface area contributed by atoms with Crippen LogP contribution in [0, 0.1) is 12.8 Å². The molecule has 116 valence electrons. The fraction of sp³-hybridized carbons (Fsp3) is 0.438. The van der Waals surface area contributed by atoms with Crippen molar-refractivity contribution in [3.63, 3.8) is 0 Å². The maximum atomic E-state index is 12.5. The predicted octanol–water partition coefficient (Wildman–Crippen LogP) is 1.48. The van der Waals surface area contributed by atoms with Gasteiger partial charge in [-0.05, 0) is 31.7 Å². The van der Waals surface area contributed by atoms with Gasteiger partial charge in [0.25, 0.3) is 0 Å². The van der Waals surface area contributed by atoms with Crippen molar-refractivity contribution in [1.82, 2.24) is 20.5 Å². The van der Waals surface area contributed by atoms with Crippen molar-refractivity contribution in [2.45, 2.75) is 38.3 Å².